The summed E-state index contributed by atoms with van der Waals surface area (Å²) in [6.07, 6.45) is 5.76. The van der Waals surface area contributed by atoms with Crippen LogP contribution in [0.5, 0.6) is 0 Å². The maximum absolute atomic E-state index is 11.5. The van der Waals surface area contributed by atoms with Crippen LogP contribution in [0.2, 0.25) is 0 Å². The van der Waals surface area contributed by atoms with Gasteiger partial charge in [-0.25, -0.2) is 0 Å². The van der Waals surface area contributed by atoms with Crippen molar-refractivity contribution >= 4 is 10.4 Å². The van der Waals surface area contributed by atoms with Gasteiger partial charge in [0.25, 0.3) is 0 Å². The highest BCUT2D eigenvalue weighted by Crippen LogP contribution is 1.82. The van der Waals surface area contributed by atoms with Crippen LogP contribution in [0.15, 0.2) is 61.2 Å². The summed E-state index contributed by atoms with van der Waals surface area (Å²) in [4.78, 5) is 0. The molecule has 0 amide bonds. The third-order valence-corrected chi connectivity index (χ3v) is 2.44. The molecule has 0 saturated carbocycles. The first-order valence-corrected chi connectivity index (χ1v) is 6.06. The van der Waals surface area contributed by atoms with Crippen LogP contribution in [0, 0.1) is 0 Å². The van der Waals surface area contributed by atoms with Crippen LogP contribution < -0.4 is 18.0 Å². The van der Waals surface area contributed by atoms with Gasteiger partial charge in [0, 0.05) is 33.7 Å². The summed E-state index contributed by atoms with van der Waals surface area (Å²) in [6.45, 7) is 0. The highest BCUT2D eigenvalue weighted by Gasteiger charge is 2.26. The molecule has 0 atom stereocenters. The number of aromatic nitrogens is 2. The van der Waals surface area contributed by atoms with Gasteiger partial charge < -0.3 is 0 Å². The summed E-state index contributed by atoms with van der Waals surface area (Å²) in [5.41, 5.74) is 0. The average molecular weight is 254 g/mol. The van der Waals surface area contributed by atoms with Crippen molar-refractivity contribution in [2.24, 2.45) is 0 Å². The molecule has 2 aromatic heterocycles. The smallest absolute Gasteiger partial charge is 0.141 e. The number of rotatable bonds is 4. The van der Waals surface area contributed by atoms with Crippen molar-refractivity contribution in [3.8, 4) is 0 Å². The quantitative estimate of drug-likeness (QED) is 0.661. The third kappa shape index (κ3) is 3.42. The highest BCUT2D eigenvalue weighted by molar-refractivity contribution is 7.82. The molecule has 0 aliphatic carbocycles. The first-order valence-electron chi connectivity index (χ1n) is 4.73. The summed E-state index contributed by atoms with van der Waals surface area (Å²) in [7, 11) is -4.16. The molecule has 0 spiro atoms. The molecule has 7 heteroatoms. The SMILES string of the molecule is O=S(=O)(O[n+]1ccccc1)O[n+]1ccccc1. The molecule has 0 N–H and O–H groups in total. The van der Waals surface area contributed by atoms with Crippen LogP contribution in [0.25, 0.3) is 0 Å². The lowest BCUT2D eigenvalue weighted by molar-refractivity contribution is -0.882. The first kappa shape index (κ1) is 11.3. The summed E-state index contributed by atoms with van der Waals surface area (Å²) < 4.78 is 34.3. The summed E-state index contributed by atoms with van der Waals surface area (Å²) in [5.74, 6) is 0. The molecule has 0 bridgehead atoms. The van der Waals surface area contributed by atoms with E-state index in [1.165, 1.54) is 24.8 Å². The van der Waals surface area contributed by atoms with Crippen LogP contribution in [0.1, 0.15) is 0 Å². The van der Waals surface area contributed by atoms with E-state index in [4.69, 9.17) is 0 Å². The van der Waals surface area contributed by atoms with E-state index in [0.717, 1.165) is 9.46 Å². The Bertz CT molecular complexity index is 524. The Hall–Kier alpha value is -2.15. The van der Waals surface area contributed by atoms with E-state index in [1.807, 2.05) is 0 Å². The normalized spacial score (nSPS) is 10.8. The molecule has 2 heterocycles. The minimum Gasteiger partial charge on any atom is -0.141 e. The fourth-order valence-corrected chi connectivity index (χ4v) is 1.74. The van der Waals surface area contributed by atoms with Gasteiger partial charge in [-0.2, -0.15) is 0 Å². The van der Waals surface area contributed by atoms with Crippen molar-refractivity contribution in [1.82, 2.24) is 0 Å². The fraction of sp³-hybridized carbons (Fsp3) is 0. The predicted molar refractivity (Wildman–Crippen MR) is 55.4 cm³/mol. The minimum absolute atomic E-state index is 1.03. The van der Waals surface area contributed by atoms with Gasteiger partial charge in [0.2, 0.25) is 24.8 Å². The molecule has 88 valence electrons. The minimum atomic E-state index is -4.16. The molecular formula is C10H10N2O4S+2. The van der Waals surface area contributed by atoms with Gasteiger partial charge in [0.05, 0.1) is 0 Å². The molecule has 0 aliphatic rings. The summed E-state index contributed by atoms with van der Waals surface area (Å²) >= 11 is 0. The molecule has 0 aliphatic heterocycles. The third-order valence-electron chi connectivity index (χ3n) is 1.73. The molecule has 0 radical (unpaired) electrons. The number of hydrogen-bond donors (Lipinski definition) is 0. The first-order chi connectivity index (χ1) is 8.16. The van der Waals surface area contributed by atoms with Gasteiger partial charge in [-0.1, -0.05) is 20.7 Å². The molecule has 0 aromatic carbocycles. The molecule has 2 rings (SSSR count). The standard InChI is InChI=1S/C10H10N2O4S/c13-17(14,15-11-7-3-1-4-8-11)16-12-9-5-2-6-10-12/h1-10H/q+2. The topological polar surface area (TPSA) is 60.4 Å². The monoisotopic (exact) mass is 254 g/mol. The zero-order valence-electron chi connectivity index (χ0n) is 8.71. The van der Waals surface area contributed by atoms with Gasteiger partial charge >= 0.3 is 10.4 Å². The second-order valence-corrected chi connectivity index (χ2v) is 4.14. The second-order valence-electron chi connectivity index (χ2n) is 3.03. The Balaban J connectivity index is 2.11. The molecule has 2 aromatic rings. The maximum atomic E-state index is 11.5. The van der Waals surface area contributed by atoms with Crippen LogP contribution in [0.4, 0.5) is 0 Å². The second kappa shape index (κ2) is 4.79. The molecule has 17 heavy (non-hydrogen) atoms. The van der Waals surface area contributed by atoms with Crippen molar-refractivity contribution in [3.63, 3.8) is 0 Å². The van der Waals surface area contributed by atoms with Gasteiger partial charge in [-0.05, 0) is 0 Å². The Labute approximate surface area is 98.5 Å². The van der Waals surface area contributed by atoms with Crippen molar-refractivity contribution < 1.29 is 26.4 Å². The van der Waals surface area contributed by atoms with Gasteiger partial charge in [0.15, 0.2) is 0 Å². The van der Waals surface area contributed by atoms with Crippen LogP contribution in [-0.4, -0.2) is 8.42 Å². The number of pyridine rings is 2. The highest BCUT2D eigenvalue weighted by atomic mass is 32.3. The summed E-state index contributed by atoms with van der Waals surface area (Å²) in [6, 6.07) is 9.99. The molecule has 0 unspecified atom stereocenters. The Morgan fingerprint density at radius 2 is 1.00 bits per heavy atom. The van der Waals surface area contributed by atoms with E-state index in [9.17, 15) is 8.42 Å². The largest absolute Gasteiger partial charge is 0.605 e. The van der Waals surface area contributed by atoms with Gasteiger partial charge in [-0.15, -0.1) is 8.42 Å². The van der Waals surface area contributed by atoms with Crippen molar-refractivity contribution in [1.29, 1.82) is 0 Å². The van der Waals surface area contributed by atoms with Crippen LogP contribution in [0.3, 0.4) is 0 Å². The summed E-state index contributed by atoms with van der Waals surface area (Å²) in [5, 5.41) is 0. The fourth-order valence-electron chi connectivity index (χ4n) is 1.09. The zero-order chi connectivity index (χ0) is 12.1. The van der Waals surface area contributed by atoms with Crippen molar-refractivity contribution in [2.45, 2.75) is 0 Å². The molecule has 0 saturated heterocycles. The Morgan fingerprint density at radius 1 is 0.647 bits per heavy atom. The van der Waals surface area contributed by atoms with E-state index in [2.05, 4.69) is 8.57 Å². The van der Waals surface area contributed by atoms with E-state index in [1.54, 1.807) is 36.4 Å². The van der Waals surface area contributed by atoms with Gasteiger partial charge in [0.1, 0.15) is 0 Å². The lowest BCUT2D eigenvalue weighted by Gasteiger charge is -1.95. The van der Waals surface area contributed by atoms with E-state index in [0.29, 0.717) is 0 Å². The van der Waals surface area contributed by atoms with E-state index >= 15 is 0 Å². The maximum Gasteiger partial charge on any atom is 0.605 e. The predicted octanol–water partition coefficient (Wildman–Crippen LogP) is -0.936. The average Bonchev–Trinajstić information content (AvgIpc) is 2.30. The molecular weight excluding hydrogens is 244 g/mol. The Kier molecular flexibility index (Phi) is 3.20. The zero-order valence-corrected chi connectivity index (χ0v) is 9.53. The van der Waals surface area contributed by atoms with Gasteiger partial charge in [-0.3, -0.25) is 0 Å². The van der Waals surface area contributed by atoms with Crippen molar-refractivity contribution in [3.05, 3.63) is 61.2 Å². The molecule has 6 nitrogen and oxygen atoms in total. The van der Waals surface area contributed by atoms with Crippen molar-refractivity contribution in [2.75, 3.05) is 0 Å². The van der Waals surface area contributed by atoms with E-state index in [-0.39, 0.29) is 0 Å². The molecule has 0 fully saturated rings. The number of hydrogen-bond acceptors (Lipinski definition) is 4. The van der Waals surface area contributed by atoms with Crippen LogP contribution in [-0.2, 0) is 10.4 Å². The Morgan fingerprint density at radius 3 is 1.35 bits per heavy atom. The lowest BCUT2D eigenvalue weighted by Crippen LogP contribution is -2.54. The van der Waals surface area contributed by atoms with E-state index < -0.39 is 10.4 Å². The number of nitrogens with zero attached hydrogens (tertiary/aromatic N) is 2. The van der Waals surface area contributed by atoms with Crippen LogP contribution >= 0.6 is 0 Å². The lowest BCUT2D eigenvalue weighted by atomic mass is 10.5.